The van der Waals surface area contributed by atoms with E-state index in [1.807, 2.05) is 49.4 Å². The van der Waals surface area contributed by atoms with Crippen LogP contribution in [0.4, 0.5) is 4.79 Å². The molecule has 0 N–H and O–H groups in total. The van der Waals surface area contributed by atoms with Gasteiger partial charge in [0, 0.05) is 4.47 Å². The smallest absolute Gasteiger partial charge is 0.293 e. The van der Waals surface area contributed by atoms with E-state index < -0.39 is 0 Å². The van der Waals surface area contributed by atoms with Gasteiger partial charge in [0.25, 0.3) is 11.1 Å². The van der Waals surface area contributed by atoms with Gasteiger partial charge in [0.05, 0.1) is 23.1 Å². The van der Waals surface area contributed by atoms with E-state index in [1.54, 1.807) is 18.2 Å². The first kappa shape index (κ1) is 26.4. The van der Waals surface area contributed by atoms with Crippen LogP contribution in [-0.4, -0.2) is 22.7 Å². The van der Waals surface area contributed by atoms with Crippen LogP contribution in [0.2, 0.25) is 5.02 Å². The van der Waals surface area contributed by atoms with Crippen LogP contribution in [0.5, 0.6) is 11.5 Å². The second kappa shape index (κ2) is 11.6. The van der Waals surface area contributed by atoms with Gasteiger partial charge in [0.2, 0.25) is 0 Å². The van der Waals surface area contributed by atoms with Crippen molar-refractivity contribution < 1.29 is 19.1 Å². The molecule has 192 valence electrons. The van der Waals surface area contributed by atoms with E-state index in [1.165, 1.54) is 4.90 Å². The highest BCUT2D eigenvalue weighted by atomic mass is 79.9. The molecule has 0 spiro atoms. The van der Waals surface area contributed by atoms with Crippen LogP contribution >= 0.6 is 39.3 Å². The molecule has 38 heavy (non-hydrogen) atoms. The van der Waals surface area contributed by atoms with E-state index in [0.29, 0.717) is 40.2 Å². The Morgan fingerprint density at radius 2 is 1.66 bits per heavy atom. The fourth-order valence-electron chi connectivity index (χ4n) is 4.12. The molecule has 1 aliphatic heterocycles. The maximum atomic E-state index is 13.0. The van der Waals surface area contributed by atoms with Gasteiger partial charge in [-0.2, -0.15) is 0 Å². The van der Waals surface area contributed by atoms with Crippen LogP contribution in [0, 0.1) is 0 Å². The van der Waals surface area contributed by atoms with Gasteiger partial charge in [-0.25, -0.2) is 0 Å². The lowest BCUT2D eigenvalue weighted by Crippen LogP contribution is -2.27. The number of thioether (sulfide) groups is 1. The molecule has 8 heteroatoms. The zero-order valence-electron chi connectivity index (χ0n) is 20.4. The number of rotatable bonds is 8. The van der Waals surface area contributed by atoms with Crippen LogP contribution < -0.4 is 9.47 Å². The summed E-state index contributed by atoms with van der Waals surface area (Å²) in [6, 6.07) is 25.3. The third-order valence-corrected chi connectivity index (χ3v) is 7.67. The Morgan fingerprint density at radius 1 is 0.921 bits per heavy atom. The molecular weight excluding hydrogens is 586 g/mol. The summed E-state index contributed by atoms with van der Waals surface area (Å²) in [5.41, 5.74) is 2.52. The number of fused-ring (bicyclic) bond motifs is 1. The van der Waals surface area contributed by atoms with Crippen molar-refractivity contribution in [1.82, 2.24) is 4.90 Å². The van der Waals surface area contributed by atoms with Gasteiger partial charge >= 0.3 is 0 Å². The Bertz CT molecular complexity index is 1550. The first-order chi connectivity index (χ1) is 18.4. The highest BCUT2D eigenvalue weighted by Crippen LogP contribution is 2.40. The zero-order valence-corrected chi connectivity index (χ0v) is 23.6. The number of amides is 2. The summed E-state index contributed by atoms with van der Waals surface area (Å²) in [4.78, 5) is 27.2. The summed E-state index contributed by atoms with van der Waals surface area (Å²) >= 11 is 10.9. The van der Waals surface area contributed by atoms with Gasteiger partial charge in [0.15, 0.2) is 11.5 Å². The summed E-state index contributed by atoms with van der Waals surface area (Å²) in [7, 11) is 0. The first-order valence-electron chi connectivity index (χ1n) is 12.0. The van der Waals surface area contributed by atoms with Crippen molar-refractivity contribution in [2.45, 2.75) is 20.1 Å². The predicted molar refractivity (Wildman–Crippen MR) is 157 cm³/mol. The second-order valence-electron chi connectivity index (χ2n) is 8.63. The number of carbonyl (C=O) groups is 2. The second-order valence-corrected chi connectivity index (χ2v) is 10.9. The molecule has 1 fully saturated rings. The minimum atomic E-state index is -0.339. The molecule has 5 rings (SSSR count). The van der Waals surface area contributed by atoms with Gasteiger partial charge in [0.1, 0.15) is 6.61 Å². The molecule has 1 heterocycles. The van der Waals surface area contributed by atoms with Crippen LogP contribution in [0.15, 0.2) is 88.2 Å². The molecule has 0 radical (unpaired) electrons. The number of imide groups is 1. The highest BCUT2D eigenvalue weighted by molar-refractivity contribution is 9.10. The molecule has 0 bridgehead atoms. The van der Waals surface area contributed by atoms with E-state index in [2.05, 4.69) is 40.2 Å². The maximum absolute atomic E-state index is 13.0. The molecule has 5 nitrogen and oxygen atoms in total. The summed E-state index contributed by atoms with van der Waals surface area (Å²) in [6.45, 7) is 2.82. The molecule has 4 aromatic carbocycles. The minimum absolute atomic E-state index is 0.210. The van der Waals surface area contributed by atoms with Gasteiger partial charge in [-0.05, 0) is 82.6 Å². The number of hydrogen-bond donors (Lipinski definition) is 0. The average molecular weight is 609 g/mol. The number of nitrogens with zero attached hydrogens (tertiary/aromatic N) is 1. The topological polar surface area (TPSA) is 55.8 Å². The third-order valence-electron chi connectivity index (χ3n) is 5.95. The maximum Gasteiger partial charge on any atom is 0.293 e. The predicted octanol–water partition coefficient (Wildman–Crippen LogP) is 8.47. The van der Waals surface area contributed by atoms with E-state index in [0.717, 1.165) is 38.1 Å². The Kier molecular flexibility index (Phi) is 8.07. The van der Waals surface area contributed by atoms with Gasteiger partial charge in [-0.1, -0.05) is 76.1 Å². The summed E-state index contributed by atoms with van der Waals surface area (Å²) in [5, 5.41) is 2.34. The van der Waals surface area contributed by atoms with Crippen LogP contribution in [0.3, 0.4) is 0 Å². The zero-order chi connectivity index (χ0) is 26.6. The van der Waals surface area contributed by atoms with Crippen molar-refractivity contribution in [3.8, 4) is 11.5 Å². The van der Waals surface area contributed by atoms with E-state index in [-0.39, 0.29) is 17.7 Å². The number of hydrogen-bond acceptors (Lipinski definition) is 5. The largest absolute Gasteiger partial charge is 0.490 e. The van der Waals surface area contributed by atoms with Crippen molar-refractivity contribution in [2.24, 2.45) is 0 Å². The average Bonchev–Trinajstić information content (AvgIpc) is 3.16. The number of halogens is 2. The van der Waals surface area contributed by atoms with Crippen molar-refractivity contribution >= 4 is 67.3 Å². The number of ether oxygens (including phenoxy) is 2. The SMILES string of the molecule is CCOc1cc(/C=C2\SC(=O)N(Cc3ccc(Br)cc3)C2=O)cc(Cl)c1OCc1ccc2ccccc2c1. The molecule has 4 aromatic rings. The van der Waals surface area contributed by atoms with Crippen molar-refractivity contribution in [3.05, 3.63) is 110 Å². The van der Waals surface area contributed by atoms with Crippen LogP contribution in [0.1, 0.15) is 23.6 Å². The van der Waals surface area contributed by atoms with E-state index >= 15 is 0 Å². The summed E-state index contributed by atoms with van der Waals surface area (Å²) < 4.78 is 12.9. The Balaban J connectivity index is 1.35. The first-order valence-corrected chi connectivity index (χ1v) is 14.0. The highest BCUT2D eigenvalue weighted by Gasteiger charge is 2.35. The van der Waals surface area contributed by atoms with Crippen LogP contribution in [-0.2, 0) is 17.9 Å². The Labute approximate surface area is 238 Å². The molecule has 0 aromatic heterocycles. The van der Waals surface area contributed by atoms with Gasteiger partial charge in [-0.15, -0.1) is 0 Å². The third kappa shape index (κ3) is 5.90. The molecule has 1 saturated heterocycles. The van der Waals surface area contributed by atoms with Crippen LogP contribution in [0.25, 0.3) is 16.8 Å². The summed E-state index contributed by atoms with van der Waals surface area (Å²) in [5.74, 6) is 0.567. The standard InChI is InChI=1S/C30H23BrClNO4S/c1-2-36-26-15-21(16-27-29(34)33(30(35)38-27)17-19-8-11-24(31)12-9-19)14-25(32)28(26)37-18-20-7-10-22-5-3-4-6-23(22)13-20/h3-16H,2,17-18H2,1H3/b27-16-. The molecule has 2 amide bonds. The molecule has 0 saturated carbocycles. The van der Waals surface area contributed by atoms with E-state index in [9.17, 15) is 9.59 Å². The van der Waals surface area contributed by atoms with Crippen molar-refractivity contribution in [1.29, 1.82) is 0 Å². The Morgan fingerprint density at radius 3 is 2.42 bits per heavy atom. The monoisotopic (exact) mass is 607 g/mol. The van der Waals surface area contributed by atoms with E-state index in [4.69, 9.17) is 21.1 Å². The Hall–Kier alpha value is -3.26. The molecule has 0 unspecified atom stereocenters. The number of benzene rings is 4. The fourth-order valence-corrected chi connectivity index (χ4v) is 5.49. The molecule has 0 atom stereocenters. The van der Waals surface area contributed by atoms with Crippen molar-refractivity contribution in [2.75, 3.05) is 6.61 Å². The fraction of sp³-hybridized carbons (Fsp3) is 0.133. The summed E-state index contributed by atoms with van der Waals surface area (Å²) in [6.07, 6.45) is 1.66. The molecule has 1 aliphatic rings. The van der Waals surface area contributed by atoms with Gasteiger partial charge in [-0.3, -0.25) is 14.5 Å². The quantitative estimate of drug-likeness (QED) is 0.188. The molecule has 0 aliphatic carbocycles. The molecular formula is C30H23BrClNO4S. The lowest BCUT2D eigenvalue weighted by molar-refractivity contribution is -0.123. The van der Waals surface area contributed by atoms with Crippen molar-refractivity contribution in [3.63, 3.8) is 0 Å². The number of carbonyl (C=O) groups excluding carboxylic acids is 2. The lowest BCUT2D eigenvalue weighted by Gasteiger charge is -2.15. The van der Waals surface area contributed by atoms with Gasteiger partial charge < -0.3 is 9.47 Å². The minimum Gasteiger partial charge on any atom is -0.490 e. The lowest BCUT2D eigenvalue weighted by atomic mass is 10.1. The normalized spacial score (nSPS) is 14.5.